The lowest BCUT2D eigenvalue weighted by Gasteiger charge is -2.33. The first-order valence-electron chi connectivity index (χ1n) is 7.31. The van der Waals surface area contributed by atoms with E-state index in [4.69, 9.17) is 5.73 Å². The van der Waals surface area contributed by atoms with Gasteiger partial charge < -0.3 is 16.0 Å². The molecule has 0 spiro atoms. The Morgan fingerprint density at radius 3 is 2.59 bits per heavy atom. The minimum absolute atomic E-state index is 0. The lowest BCUT2D eigenvalue weighted by atomic mass is 9.90. The zero-order valence-electron chi connectivity index (χ0n) is 13.5. The first kappa shape index (κ1) is 21.0. The average molecular weight is 348 g/mol. The Morgan fingerprint density at radius 1 is 1.27 bits per heavy atom. The van der Waals surface area contributed by atoms with Crippen molar-refractivity contribution in [2.24, 2.45) is 0 Å². The minimum atomic E-state index is -0.000735. The summed E-state index contributed by atoms with van der Waals surface area (Å²) >= 11 is 0. The molecule has 22 heavy (non-hydrogen) atoms. The Hall–Kier alpha value is -0.970. The van der Waals surface area contributed by atoms with Crippen LogP contribution in [-0.2, 0) is 0 Å². The van der Waals surface area contributed by atoms with E-state index in [9.17, 15) is 4.79 Å². The maximum Gasteiger partial charge on any atom is 0.251 e. The quantitative estimate of drug-likeness (QED) is 0.826. The van der Waals surface area contributed by atoms with Crippen molar-refractivity contribution in [3.05, 3.63) is 29.3 Å². The second kappa shape index (κ2) is 9.23. The normalized spacial score (nSPS) is 20.7. The van der Waals surface area contributed by atoms with Crippen molar-refractivity contribution in [3.8, 4) is 0 Å². The Labute approximate surface area is 145 Å². The highest BCUT2D eigenvalue weighted by Crippen LogP contribution is 2.22. The lowest BCUT2D eigenvalue weighted by Crippen LogP contribution is -2.43. The van der Waals surface area contributed by atoms with Gasteiger partial charge in [-0.2, -0.15) is 0 Å². The zero-order valence-corrected chi connectivity index (χ0v) is 15.1. The second-order valence-corrected chi connectivity index (χ2v) is 6.03. The molecule has 1 aliphatic rings. The van der Waals surface area contributed by atoms with Gasteiger partial charge in [-0.1, -0.05) is 6.07 Å². The third-order valence-electron chi connectivity index (χ3n) is 4.22. The van der Waals surface area contributed by atoms with E-state index < -0.39 is 0 Å². The predicted octanol–water partition coefficient (Wildman–Crippen LogP) is 3.02. The number of nitrogen functional groups attached to an aromatic ring is 1. The molecule has 126 valence electrons. The fourth-order valence-electron chi connectivity index (χ4n) is 2.91. The van der Waals surface area contributed by atoms with E-state index in [0.29, 0.717) is 17.3 Å². The molecular weight excluding hydrogens is 321 g/mol. The zero-order chi connectivity index (χ0) is 14.7. The summed E-state index contributed by atoms with van der Waals surface area (Å²) < 4.78 is 0. The maximum absolute atomic E-state index is 12.4. The van der Waals surface area contributed by atoms with Gasteiger partial charge in [0.05, 0.1) is 0 Å². The molecule has 0 radical (unpaired) electrons. The highest BCUT2D eigenvalue weighted by molar-refractivity contribution is 5.96. The van der Waals surface area contributed by atoms with E-state index in [1.165, 1.54) is 12.8 Å². The number of benzene rings is 1. The number of amides is 1. The number of nitrogens with zero attached hydrogens (tertiary/aromatic N) is 1. The molecule has 0 saturated heterocycles. The van der Waals surface area contributed by atoms with Gasteiger partial charge in [0.15, 0.2) is 0 Å². The van der Waals surface area contributed by atoms with Crippen LogP contribution < -0.4 is 11.1 Å². The fourth-order valence-corrected chi connectivity index (χ4v) is 2.91. The number of carbonyl (C=O) groups is 1. The number of halogens is 2. The van der Waals surface area contributed by atoms with Crippen molar-refractivity contribution in [3.63, 3.8) is 0 Å². The molecule has 1 saturated carbocycles. The number of hydrogen-bond donors (Lipinski definition) is 2. The van der Waals surface area contributed by atoms with Gasteiger partial charge in [-0.15, -0.1) is 24.8 Å². The van der Waals surface area contributed by atoms with Crippen molar-refractivity contribution in [2.75, 3.05) is 19.8 Å². The van der Waals surface area contributed by atoms with Crippen molar-refractivity contribution < 1.29 is 4.79 Å². The SMILES string of the molecule is Cc1ccc(N)cc1C(=O)NC1CCCC(N(C)C)C1.Cl.Cl. The maximum atomic E-state index is 12.4. The molecule has 1 amide bonds. The van der Waals surface area contributed by atoms with Gasteiger partial charge in [0, 0.05) is 23.3 Å². The fraction of sp³-hybridized carbons (Fsp3) is 0.562. The van der Waals surface area contributed by atoms with Crippen LogP contribution in [0.25, 0.3) is 0 Å². The summed E-state index contributed by atoms with van der Waals surface area (Å²) in [5.74, 6) is -0.000735. The second-order valence-electron chi connectivity index (χ2n) is 6.03. The molecule has 1 aromatic rings. The number of nitrogens with one attached hydrogen (secondary N) is 1. The van der Waals surface area contributed by atoms with E-state index in [-0.39, 0.29) is 36.8 Å². The molecule has 6 heteroatoms. The first-order chi connectivity index (χ1) is 9.47. The number of carbonyl (C=O) groups excluding carboxylic acids is 1. The molecule has 0 aromatic heterocycles. The van der Waals surface area contributed by atoms with Gasteiger partial charge in [-0.05, 0) is 64.4 Å². The molecule has 1 fully saturated rings. The molecule has 0 aliphatic heterocycles. The molecule has 3 N–H and O–H groups in total. The van der Waals surface area contributed by atoms with Crippen molar-refractivity contribution in [1.29, 1.82) is 0 Å². The largest absolute Gasteiger partial charge is 0.399 e. The Balaban J connectivity index is 0.00000220. The average Bonchev–Trinajstić information content (AvgIpc) is 2.41. The van der Waals surface area contributed by atoms with Crippen LogP contribution in [0, 0.1) is 6.92 Å². The van der Waals surface area contributed by atoms with E-state index in [1.54, 1.807) is 6.07 Å². The van der Waals surface area contributed by atoms with Gasteiger partial charge in [0.25, 0.3) is 5.91 Å². The van der Waals surface area contributed by atoms with Crippen molar-refractivity contribution >= 4 is 36.4 Å². The number of rotatable bonds is 3. The molecule has 2 unspecified atom stereocenters. The van der Waals surface area contributed by atoms with Crippen molar-refractivity contribution in [1.82, 2.24) is 10.2 Å². The van der Waals surface area contributed by atoms with Crippen LogP contribution in [0.5, 0.6) is 0 Å². The number of aryl methyl sites for hydroxylation is 1. The summed E-state index contributed by atoms with van der Waals surface area (Å²) in [4.78, 5) is 14.6. The molecule has 2 rings (SSSR count). The van der Waals surface area contributed by atoms with Gasteiger partial charge in [0.1, 0.15) is 0 Å². The van der Waals surface area contributed by atoms with Crippen LogP contribution in [0.1, 0.15) is 41.6 Å². The molecule has 0 heterocycles. The molecule has 1 aromatic carbocycles. The summed E-state index contributed by atoms with van der Waals surface area (Å²) in [5, 5.41) is 3.17. The molecule has 1 aliphatic carbocycles. The van der Waals surface area contributed by atoms with Gasteiger partial charge >= 0.3 is 0 Å². The van der Waals surface area contributed by atoms with Crippen LogP contribution in [0.2, 0.25) is 0 Å². The number of hydrogen-bond acceptors (Lipinski definition) is 3. The monoisotopic (exact) mass is 347 g/mol. The minimum Gasteiger partial charge on any atom is -0.399 e. The van der Waals surface area contributed by atoms with E-state index >= 15 is 0 Å². The third-order valence-corrected chi connectivity index (χ3v) is 4.22. The third kappa shape index (κ3) is 5.34. The molecule has 2 atom stereocenters. The molecule has 0 bridgehead atoms. The van der Waals surface area contributed by atoms with E-state index in [2.05, 4.69) is 24.3 Å². The smallest absolute Gasteiger partial charge is 0.251 e. The van der Waals surface area contributed by atoms with Gasteiger partial charge in [-0.25, -0.2) is 0 Å². The first-order valence-corrected chi connectivity index (χ1v) is 7.31. The standard InChI is InChI=1S/C16H25N3O.2ClH/c1-11-7-8-12(17)9-15(11)16(20)18-13-5-4-6-14(10-13)19(2)3;;/h7-9,13-14H,4-6,10,17H2,1-3H3,(H,18,20);2*1H. The predicted molar refractivity (Wildman–Crippen MR) is 97.3 cm³/mol. The summed E-state index contributed by atoms with van der Waals surface area (Å²) in [6, 6.07) is 6.32. The van der Waals surface area contributed by atoms with Crippen LogP contribution in [-0.4, -0.2) is 37.0 Å². The van der Waals surface area contributed by atoms with Crippen molar-refractivity contribution in [2.45, 2.75) is 44.7 Å². The number of nitrogens with two attached hydrogens (primary N) is 1. The van der Waals surface area contributed by atoms with Crippen LogP contribution in [0.4, 0.5) is 5.69 Å². The van der Waals surface area contributed by atoms with Crippen LogP contribution in [0.15, 0.2) is 18.2 Å². The molecular formula is C16H27Cl2N3O. The summed E-state index contributed by atoms with van der Waals surface area (Å²) in [6.45, 7) is 1.94. The van der Waals surface area contributed by atoms with Gasteiger partial charge in [-0.3, -0.25) is 4.79 Å². The Bertz CT molecular complexity index is 494. The summed E-state index contributed by atoms with van der Waals surface area (Å²) in [7, 11) is 4.22. The number of anilines is 1. The Morgan fingerprint density at radius 2 is 1.95 bits per heavy atom. The molecule has 4 nitrogen and oxygen atoms in total. The lowest BCUT2D eigenvalue weighted by molar-refractivity contribution is 0.0910. The highest BCUT2D eigenvalue weighted by Gasteiger charge is 2.25. The van der Waals surface area contributed by atoms with Crippen LogP contribution in [0.3, 0.4) is 0 Å². The summed E-state index contributed by atoms with van der Waals surface area (Å²) in [5.41, 5.74) is 8.07. The highest BCUT2D eigenvalue weighted by atomic mass is 35.5. The van der Waals surface area contributed by atoms with E-state index in [0.717, 1.165) is 18.4 Å². The van der Waals surface area contributed by atoms with Crippen LogP contribution >= 0.6 is 24.8 Å². The Kier molecular flexibility index (Phi) is 8.83. The van der Waals surface area contributed by atoms with Gasteiger partial charge in [0.2, 0.25) is 0 Å². The van der Waals surface area contributed by atoms with E-state index in [1.807, 2.05) is 19.1 Å². The summed E-state index contributed by atoms with van der Waals surface area (Å²) in [6.07, 6.45) is 4.48. The topological polar surface area (TPSA) is 58.4 Å².